The Kier molecular flexibility index (Phi) is 4.30. The number of sulfonamides is 1. The summed E-state index contributed by atoms with van der Waals surface area (Å²) < 4.78 is 27.8. The molecule has 0 bridgehead atoms. The van der Waals surface area contributed by atoms with Crippen molar-refractivity contribution in [2.45, 2.75) is 18.7 Å². The third-order valence-corrected chi connectivity index (χ3v) is 5.08. The van der Waals surface area contributed by atoms with Crippen LogP contribution in [0.2, 0.25) is 0 Å². The molecule has 2 aromatic rings. The van der Waals surface area contributed by atoms with Gasteiger partial charge in [-0.1, -0.05) is 0 Å². The molecule has 0 aliphatic carbocycles. The van der Waals surface area contributed by atoms with Gasteiger partial charge in [0.05, 0.1) is 22.2 Å². The predicted octanol–water partition coefficient (Wildman–Crippen LogP) is 3.13. The van der Waals surface area contributed by atoms with Gasteiger partial charge in [0, 0.05) is 4.47 Å². The molecule has 0 fully saturated rings. The van der Waals surface area contributed by atoms with Crippen LogP contribution in [0.4, 0.5) is 5.82 Å². The Morgan fingerprint density at radius 1 is 1.24 bits per heavy atom. The summed E-state index contributed by atoms with van der Waals surface area (Å²) in [5, 5.41) is 8.87. The van der Waals surface area contributed by atoms with Gasteiger partial charge in [-0.15, -0.1) is 0 Å². The van der Waals surface area contributed by atoms with Gasteiger partial charge in [-0.3, -0.25) is 4.72 Å². The van der Waals surface area contributed by atoms with Crippen molar-refractivity contribution in [3.63, 3.8) is 0 Å². The Morgan fingerprint density at radius 2 is 1.95 bits per heavy atom. The van der Waals surface area contributed by atoms with Crippen molar-refractivity contribution in [1.82, 2.24) is 4.98 Å². The van der Waals surface area contributed by atoms with Crippen molar-refractivity contribution in [2.75, 3.05) is 4.72 Å². The number of nitrogens with one attached hydrogen (secondary N) is 1. The van der Waals surface area contributed by atoms with Gasteiger partial charge in [-0.05, 0) is 65.7 Å². The van der Waals surface area contributed by atoms with E-state index in [-0.39, 0.29) is 10.7 Å². The number of hydrogen-bond donors (Lipinski definition) is 1. The van der Waals surface area contributed by atoms with Crippen molar-refractivity contribution in [2.24, 2.45) is 0 Å². The fraction of sp³-hybridized carbons (Fsp3) is 0.143. The van der Waals surface area contributed by atoms with Gasteiger partial charge in [0.25, 0.3) is 10.0 Å². The van der Waals surface area contributed by atoms with E-state index in [9.17, 15) is 8.42 Å². The molecular formula is C14H12BrN3O2S. The van der Waals surface area contributed by atoms with E-state index in [0.29, 0.717) is 16.8 Å². The van der Waals surface area contributed by atoms with Crippen molar-refractivity contribution < 1.29 is 8.42 Å². The average molecular weight is 366 g/mol. The number of benzene rings is 1. The summed E-state index contributed by atoms with van der Waals surface area (Å²) in [7, 11) is -3.73. The second kappa shape index (κ2) is 5.84. The predicted molar refractivity (Wildman–Crippen MR) is 83.4 cm³/mol. The molecule has 0 unspecified atom stereocenters. The van der Waals surface area contributed by atoms with E-state index in [1.807, 2.05) is 6.07 Å². The largest absolute Gasteiger partial charge is 0.263 e. The van der Waals surface area contributed by atoms with Gasteiger partial charge in [0.1, 0.15) is 5.82 Å². The lowest BCUT2D eigenvalue weighted by Gasteiger charge is -2.09. The average Bonchev–Trinajstić information content (AvgIpc) is 2.42. The molecule has 2 rings (SSSR count). The van der Waals surface area contributed by atoms with Crippen LogP contribution in [0.25, 0.3) is 0 Å². The highest BCUT2D eigenvalue weighted by Crippen LogP contribution is 2.20. The quantitative estimate of drug-likeness (QED) is 0.905. The number of pyridine rings is 1. The van der Waals surface area contributed by atoms with Crippen LogP contribution >= 0.6 is 15.9 Å². The molecule has 21 heavy (non-hydrogen) atoms. The molecule has 0 saturated carbocycles. The molecule has 0 spiro atoms. The van der Waals surface area contributed by atoms with E-state index in [0.717, 1.165) is 4.47 Å². The van der Waals surface area contributed by atoms with E-state index in [1.165, 1.54) is 18.2 Å². The van der Waals surface area contributed by atoms with Crippen molar-refractivity contribution >= 4 is 31.8 Å². The van der Waals surface area contributed by atoms with Gasteiger partial charge in [0.2, 0.25) is 0 Å². The molecule has 0 aliphatic rings. The number of nitrogens with zero attached hydrogens (tertiary/aromatic N) is 2. The molecule has 1 aromatic carbocycles. The number of aryl methyl sites for hydroxylation is 2. The lowest BCUT2D eigenvalue weighted by Crippen LogP contribution is -2.14. The van der Waals surface area contributed by atoms with E-state index in [2.05, 4.69) is 25.6 Å². The Morgan fingerprint density at radius 3 is 2.52 bits per heavy atom. The van der Waals surface area contributed by atoms with Gasteiger partial charge < -0.3 is 0 Å². The molecule has 0 radical (unpaired) electrons. The maximum absolute atomic E-state index is 12.3. The topological polar surface area (TPSA) is 82.8 Å². The highest BCUT2D eigenvalue weighted by molar-refractivity contribution is 9.10. The zero-order valence-electron chi connectivity index (χ0n) is 11.4. The molecule has 1 N–H and O–H groups in total. The van der Waals surface area contributed by atoms with Crippen molar-refractivity contribution in [3.8, 4) is 6.07 Å². The normalized spacial score (nSPS) is 11.0. The lowest BCUT2D eigenvalue weighted by atomic mass is 10.1. The standard InChI is InChI=1S/C14H12BrN3O2S/c1-9-7-12(4-3-11(9)8-16)21(19,20)18-14-6-5-13(15)10(2)17-14/h3-7H,1-2H3,(H,17,18). The van der Waals surface area contributed by atoms with E-state index >= 15 is 0 Å². The highest BCUT2D eigenvalue weighted by Gasteiger charge is 2.16. The molecule has 0 aliphatic heterocycles. The number of rotatable bonds is 3. The first-order valence-electron chi connectivity index (χ1n) is 6.00. The first kappa shape index (κ1) is 15.5. The SMILES string of the molecule is Cc1cc(S(=O)(=O)Nc2ccc(Br)c(C)n2)ccc1C#N. The Balaban J connectivity index is 2.36. The van der Waals surface area contributed by atoms with Gasteiger partial charge >= 0.3 is 0 Å². The number of halogens is 1. The minimum Gasteiger partial charge on any atom is -0.263 e. The monoisotopic (exact) mass is 365 g/mol. The minimum absolute atomic E-state index is 0.0985. The zero-order valence-corrected chi connectivity index (χ0v) is 13.8. The summed E-state index contributed by atoms with van der Waals surface area (Å²) in [6.07, 6.45) is 0. The lowest BCUT2D eigenvalue weighted by molar-refractivity contribution is 0.601. The molecule has 1 aromatic heterocycles. The summed E-state index contributed by atoms with van der Waals surface area (Å²) in [6.45, 7) is 3.47. The third-order valence-electron chi connectivity index (χ3n) is 2.89. The summed E-state index contributed by atoms with van der Waals surface area (Å²) in [4.78, 5) is 4.25. The Bertz CT molecular complexity index is 842. The van der Waals surface area contributed by atoms with Crippen LogP contribution in [0, 0.1) is 25.2 Å². The maximum Gasteiger partial charge on any atom is 0.263 e. The van der Waals surface area contributed by atoms with Crippen LogP contribution < -0.4 is 4.72 Å². The third kappa shape index (κ3) is 3.40. The molecule has 5 nitrogen and oxygen atoms in total. The Labute approximate surface area is 131 Å². The van der Waals surface area contributed by atoms with Crippen molar-refractivity contribution in [1.29, 1.82) is 5.26 Å². The van der Waals surface area contributed by atoms with Crippen LogP contribution in [0.3, 0.4) is 0 Å². The van der Waals surface area contributed by atoms with Gasteiger partial charge in [0.15, 0.2) is 0 Å². The summed E-state index contributed by atoms with van der Waals surface area (Å²) >= 11 is 3.31. The van der Waals surface area contributed by atoms with Crippen LogP contribution in [0.5, 0.6) is 0 Å². The number of hydrogen-bond acceptors (Lipinski definition) is 4. The number of aromatic nitrogens is 1. The van der Waals surface area contributed by atoms with Gasteiger partial charge in [-0.2, -0.15) is 5.26 Å². The highest BCUT2D eigenvalue weighted by atomic mass is 79.9. The molecule has 0 saturated heterocycles. The van der Waals surface area contributed by atoms with Crippen molar-refractivity contribution in [3.05, 3.63) is 51.6 Å². The molecular weight excluding hydrogens is 354 g/mol. The number of nitriles is 1. The first-order valence-corrected chi connectivity index (χ1v) is 8.28. The van der Waals surface area contributed by atoms with E-state index in [4.69, 9.17) is 5.26 Å². The first-order chi connectivity index (χ1) is 9.83. The second-order valence-corrected chi connectivity index (χ2v) is 6.99. The Hall–Kier alpha value is -1.91. The summed E-state index contributed by atoms with van der Waals surface area (Å²) in [5.41, 5.74) is 1.75. The summed E-state index contributed by atoms with van der Waals surface area (Å²) in [5.74, 6) is 0.248. The van der Waals surface area contributed by atoms with E-state index in [1.54, 1.807) is 26.0 Å². The number of anilines is 1. The van der Waals surface area contributed by atoms with Crippen LogP contribution in [-0.4, -0.2) is 13.4 Å². The van der Waals surface area contributed by atoms with Gasteiger partial charge in [-0.25, -0.2) is 13.4 Å². The molecule has 108 valence electrons. The smallest absolute Gasteiger partial charge is 0.263 e. The van der Waals surface area contributed by atoms with Crippen LogP contribution in [0.15, 0.2) is 39.7 Å². The second-order valence-electron chi connectivity index (χ2n) is 4.46. The van der Waals surface area contributed by atoms with Crippen LogP contribution in [0.1, 0.15) is 16.8 Å². The fourth-order valence-electron chi connectivity index (χ4n) is 1.73. The molecule has 7 heteroatoms. The maximum atomic E-state index is 12.3. The molecule has 1 heterocycles. The summed E-state index contributed by atoms with van der Waals surface area (Å²) in [6, 6.07) is 9.66. The fourth-order valence-corrected chi connectivity index (χ4v) is 3.03. The van der Waals surface area contributed by atoms with E-state index < -0.39 is 10.0 Å². The molecule has 0 atom stereocenters. The molecule has 0 amide bonds. The minimum atomic E-state index is -3.73. The van der Waals surface area contributed by atoms with Crippen LogP contribution in [-0.2, 0) is 10.0 Å². The zero-order chi connectivity index (χ0) is 15.6.